The fraction of sp³-hybridized carbons (Fsp3) is 0.286. The lowest BCUT2D eigenvalue weighted by Gasteiger charge is -2.18. The summed E-state index contributed by atoms with van der Waals surface area (Å²) in [5.74, 6) is 0.544. The van der Waals surface area contributed by atoms with E-state index >= 15 is 0 Å². The summed E-state index contributed by atoms with van der Waals surface area (Å²) in [5, 5.41) is 11.4. The molecular formula is C21H23N3O2S2. The van der Waals surface area contributed by atoms with Crippen molar-refractivity contribution in [1.29, 1.82) is 0 Å². The van der Waals surface area contributed by atoms with E-state index in [-0.39, 0.29) is 17.1 Å². The first-order valence-electron chi connectivity index (χ1n) is 8.86. The van der Waals surface area contributed by atoms with E-state index < -0.39 is 0 Å². The number of carbonyl (C=O) groups excluding carboxylic acids is 1. The Morgan fingerprint density at radius 1 is 1.11 bits per heavy atom. The predicted octanol–water partition coefficient (Wildman–Crippen LogP) is 5.49. The van der Waals surface area contributed by atoms with E-state index in [0.717, 1.165) is 16.1 Å². The van der Waals surface area contributed by atoms with E-state index in [1.54, 1.807) is 11.8 Å². The van der Waals surface area contributed by atoms with Crippen LogP contribution in [0.4, 0.5) is 5.69 Å². The highest BCUT2D eigenvalue weighted by atomic mass is 32.2. The van der Waals surface area contributed by atoms with E-state index in [4.69, 9.17) is 4.42 Å². The number of carbonyl (C=O) groups is 1. The first kappa shape index (κ1) is 20.5. The largest absolute Gasteiger partial charge is 0.411 e. The Hall–Kier alpha value is -2.25. The molecule has 146 valence electrons. The van der Waals surface area contributed by atoms with Crippen LogP contribution in [0.15, 0.2) is 63.1 Å². The molecule has 0 saturated heterocycles. The zero-order valence-corrected chi connectivity index (χ0v) is 18.0. The third-order valence-electron chi connectivity index (χ3n) is 4.08. The van der Waals surface area contributed by atoms with Gasteiger partial charge >= 0.3 is 0 Å². The fourth-order valence-corrected chi connectivity index (χ4v) is 3.55. The third-order valence-corrected chi connectivity index (χ3v) is 5.63. The minimum atomic E-state index is -0.113. The number of amides is 1. The Bertz CT molecular complexity index is 947. The summed E-state index contributed by atoms with van der Waals surface area (Å²) >= 11 is 2.86. The van der Waals surface area contributed by atoms with Crippen LogP contribution in [-0.2, 0) is 10.2 Å². The van der Waals surface area contributed by atoms with Crippen LogP contribution in [0.5, 0.6) is 0 Å². The van der Waals surface area contributed by atoms with Crippen LogP contribution in [0.25, 0.3) is 11.5 Å². The van der Waals surface area contributed by atoms with Crippen molar-refractivity contribution in [1.82, 2.24) is 10.2 Å². The molecule has 0 aliphatic rings. The average molecular weight is 414 g/mol. The second-order valence-corrected chi connectivity index (χ2v) is 9.08. The van der Waals surface area contributed by atoms with Gasteiger partial charge in [0, 0.05) is 16.1 Å². The molecule has 0 atom stereocenters. The van der Waals surface area contributed by atoms with Crippen molar-refractivity contribution in [2.45, 2.75) is 36.3 Å². The van der Waals surface area contributed by atoms with Gasteiger partial charge in [0.25, 0.3) is 5.22 Å². The molecule has 5 nitrogen and oxygen atoms in total. The number of nitrogens with zero attached hydrogens (tertiary/aromatic N) is 2. The molecule has 0 radical (unpaired) electrons. The van der Waals surface area contributed by atoms with Crippen LogP contribution in [0.3, 0.4) is 0 Å². The van der Waals surface area contributed by atoms with Crippen molar-refractivity contribution in [2.24, 2.45) is 0 Å². The summed E-state index contributed by atoms with van der Waals surface area (Å²) in [6.07, 6.45) is 2.00. The Balaban J connectivity index is 1.57. The van der Waals surface area contributed by atoms with E-state index in [9.17, 15) is 4.79 Å². The van der Waals surface area contributed by atoms with Crippen molar-refractivity contribution >= 4 is 35.1 Å². The van der Waals surface area contributed by atoms with Gasteiger partial charge < -0.3 is 9.73 Å². The van der Waals surface area contributed by atoms with Crippen molar-refractivity contribution in [3.63, 3.8) is 0 Å². The lowest BCUT2D eigenvalue weighted by Crippen LogP contribution is -2.13. The number of benzene rings is 2. The van der Waals surface area contributed by atoms with Crippen LogP contribution in [0.2, 0.25) is 0 Å². The smallest absolute Gasteiger partial charge is 0.277 e. The highest BCUT2D eigenvalue weighted by molar-refractivity contribution is 7.99. The number of rotatable bonds is 6. The highest BCUT2D eigenvalue weighted by Crippen LogP contribution is 2.27. The highest BCUT2D eigenvalue weighted by Gasteiger charge is 2.15. The molecule has 1 aromatic heterocycles. The van der Waals surface area contributed by atoms with Gasteiger partial charge in [-0.05, 0) is 47.6 Å². The lowest BCUT2D eigenvalue weighted by atomic mass is 9.87. The molecule has 2 aromatic carbocycles. The van der Waals surface area contributed by atoms with E-state index in [1.807, 2.05) is 42.7 Å². The van der Waals surface area contributed by atoms with E-state index in [0.29, 0.717) is 11.1 Å². The Kier molecular flexibility index (Phi) is 6.46. The van der Waals surface area contributed by atoms with Crippen molar-refractivity contribution in [2.75, 3.05) is 17.3 Å². The van der Waals surface area contributed by atoms with Gasteiger partial charge in [-0.15, -0.1) is 22.0 Å². The molecule has 0 aliphatic carbocycles. The number of anilines is 1. The maximum absolute atomic E-state index is 12.2. The molecule has 3 rings (SSSR count). The number of hydrogen-bond donors (Lipinski definition) is 1. The van der Waals surface area contributed by atoms with Gasteiger partial charge in [0.1, 0.15) is 0 Å². The fourth-order valence-electron chi connectivity index (χ4n) is 2.52. The zero-order chi connectivity index (χ0) is 20.1. The summed E-state index contributed by atoms with van der Waals surface area (Å²) in [6, 6.07) is 15.8. The monoisotopic (exact) mass is 413 g/mol. The second-order valence-electron chi connectivity index (χ2n) is 7.27. The Labute approximate surface area is 173 Å². The molecular weight excluding hydrogens is 390 g/mol. The first-order chi connectivity index (χ1) is 13.3. The third kappa shape index (κ3) is 5.39. The van der Waals surface area contributed by atoms with Crippen molar-refractivity contribution in [3.8, 4) is 11.5 Å². The van der Waals surface area contributed by atoms with Crippen LogP contribution in [-0.4, -0.2) is 28.1 Å². The zero-order valence-electron chi connectivity index (χ0n) is 16.4. The van der Waals surface area contributed by atoms with Crippen LogP contribution in [0, 0.1) is 0 Å². The molecule has 1 heterocycles. The second kappa shape index (κ2) is 8.84. The summed E-state index contributed by atoms with van der Waals surface area (Å²) in [6.45, 7) is 6.52. The minimum absolute atomic E-state index is 0.0943. The molecule has 0 spiro atoms. The normalized spacial score (nSPS) is 11.4. The topological polar surface area (TPSA) is 68.0 Å². The first-order valence-corrected chi connectivity index (χ1v) is 11.1. The summed E-state index contributed by atoms with van der Waals surface area (Å²) in [7, 11) is 0. The van der Waals surface area contributed by atoms with Gasteiger partial charge in [0.15, 0.2) is 0 Å². The van der Waals surface area contributed by atoms with Crippen molar-refractivity contribution < 1.29 is 9.21 Å². The van der Waals surface area contributed by atoms with Gasteiger partial charge in [-0.3, -0.25) is 4.79 Å². The van der Waals surface area contributed by atoms with Crippen LogP contribution in [0.1, 0.15) is 26.3 Å². The molecule has 1 amide bonds. The molecule has 0 aliphatic heterocycles. The Morgan fingerprint density at radius 2 is 1.86 bits per heavy atom. The molecule has 28 heavy (non-hydrogen) atoms. The summed E-state index contributed by atoms with van der Waals surface area (Å²) in [5.41, 5.74) is 2.98. The SMILES string of the molecule is CSc1cccc(NC(=O)CSc2nnc(-c3ccc(C(C)(C)C)cc3)o2)c1. The molecule has 7 heteroatoms. The maximum Gasteiger partial charge on any atom is 0.277 e. The van der Waals surface area contributed by atoms with E-state index in [2.05, 4.69) is 48.4 Å². The molecule has 0 unspecified atom stereocenters. The predicted molar refractivity (Wildman–Crippen MR) is 116 cm³/mol. The summed E-state index contributed by atoms with van der Waals surface area (Å²) < 4.78 is 5.69. The average Bonchev–Trinajstić information content (AvgIpc) is 3.15. The minimum Gasteiger partial charge on any atom is -0.411 e. The standard InChI is InChI=1S/C21H23N3O2S2/c1-21(2,3)15-10-8-14(9-11-15)19-23-24-20(26-19)28-13-18(25)22-16-6-5-7-17(12-16)27-4/h5-12H,13H2,1-4H3,(H,22,25). The molecule has 0 bridgehead atoms. The summed E-state index contributed by atoms with van der Waals surface area (Å²) in [4.78, 5) is 13.3. The van der Waals surface area contributed by atoms with Crippen LogP contribution >= 0.6 is 23.5 Å². The van der Waals surface area contributed by atoms with Crippen molar-refractivity contribution in [3.05, 3.63) is 54.1 Å². The van der Waals surface area contributed by atoms with Gasteiger partial charge in [-0.1, -0.05) is 50.7 Å². The maximum atomic E-state index is 12.2. The molecule has 3 aromatic rings. The number of hydrogen-bond acceptors (Lipinski definition) is 6. The number of thioether (sulfide) groups is 2. The molecule has 0 saturated carbocycles. The van der Waals surface area contributed by atoms with Crippen LogP contribution < -0.4 is 5.32 Å². The van der Waals surface area contributed by atoms with Gasteiger partial charge in [-0.25, -0.2) is 0 Å². The van der Waals surface area contributed by atoms with Gasteiger partial charge in [0.05, 0.1) is 5.75 Å². The lowest BCUT2D eigenvalue weighted by molar-refractivity contribution is -0.113. The van der Waals surface area contributed by atoms with Gasteiger partial charge in [-0.2, -0.15) is 0 Å². The number of nitrogens with one attached hydrogen (secondary N) is 1. The quantitative estimate of drug-likeness (QED) is 0.539. The number of aromatic nitrogens is 2. The van der Waals surface area contributed by atoms with Gasteiger partial charge in [0.2, 0.25) is 11.8 Å². The molecule has 1 N–H and O–H groups in total. The Morgan fingerprint density at radius 3 is 2.54 bits per heavy atom. The van der Waals surface area contributed by atoms with E-state index in [1.165, 1.54) is 17.3 Å². The molecule has 0 fully saturated rings.